The summed E-state index contributed by atoms with van der Waals surface area (Å²) in [6, 6.07) is 17.3. The van der Waals surface area contributed by atoms with Gasteiger partial charge < -0.3 is 15.1 Å². The van der Waals surface area contributed by atoms with Gasteiger partial charge in [0.05, 0.1) is 23.9 Å². The fourth-order valence-corrected chi connectivity index (χ4v) is 3.97. The first-order valence-electron chi connectivity index (χ1n) is 11.3. The normalized spacial score (nSPS) is 14.4. The number of hydrogen-bond acceptors (Lipinski definition) is 4. The second kappa shape index (κ2) is 10.6. The van der Waals surface area contributed by atoms with E-state index in [0.29, 0.717) is 37.6 Å². The fourth-order valence-electron chi connectivity index (χ4n) is 3.97. The van der Waals surface area contributed by atoms with Gasteiger partial charge in [-0.15, -0.1) is 0 Å². The van der Waals surface area contributed by atoms with Crippen molar-refractivity contribution < 1.29 is 22.8 Å². The summed E-state index contributed by atoms with van der Waals surface area (Å²) >= 11 is 0. The number of nitrogens with zero attached hydrogens (tertiary/aromatic N) is 3. The van der Waals surface area contributed by atoms with E-state index < -0.39 is 17.6 Å². The third-order valence-corrected chi connectivity index (χ3v) is 5.83. The molecule has 4 rings (SSSR count). The summed E-state index contributed by atoms with van der Waals surface area (Å²) in [7, 11) is 0. The number of benzene rings is 2. The van der Waals surface area contributed by atoms with Crippen molar-refractivity contribution in [3.05, 3.63) is 89.6 Å². The van der Waals surface area contributed by atoms with Gasteiger partial charge in [-0.2, -0.15) is 13.2 Å². The zero-order valence-corrected chi connectivity index (χ0v) is 19.0. The highest BCUT2D eigenvalue weighted by molar-refractivity contribution is 6.04. The predicted molar refractivity (Wildman–Crippen MR) is 127 cm³/mol. The van der Waals surface area contributed by atoms with Gasteiger partial charge >= 0.3 is 6.18 Å². The van der Waals surface area contributed by atoms with Crippen molar-refractivity contribution in [2.45, 2.75) is 19.0 Å². The molecular formula is C26H25F3N4O2. The van der Waals surface area contributed by atoms with Crippen molar-refractivity contribution >= 4 is 23.3 Å². The van der Waals surface area contributed by atoms with Crippen LogP contribution in [0.1, 0.15) is 27.9 Å². The van der Waals surface area contributed by atoms with Crippen molar-refractivity contribution in [1.29, 1.82) is 0 Å². The van der Waals surface area contributed by atoms with E-state index in [9.17, 15) is 22.8 Å². The molecule has 1 aliphatic heterocycles. The standard InChI is InChI=1S/C26H25F3N4O2/c27-26(28,29)21-9-4-8-20(17-21)25(35)31-22-10-11-23(30-18-22)32-12-5-13-33(15-14-32)24(34)16-19-6-2-1-3-7-19/h1-4,6-11,17-18H,5,12-16H2,(H,31,35). The number of nitrogens with one attached hydrogen (secondary N) is 1. The van der Waals surface area contributed by atoms with Crippen LogP contribution in [0.4, 0.5) is 24.7 Å². The number of halogens is 3. The van der Waals surface area contributed by atoms with E-state index in [2.05, 4.69) is 15.2 Å². The molecule has 35 heavy (non-hydrogen) atoms. The Morgan fingerprint density at radius 3 is 2.43 bits per heavy atom. The molecular weight excluding hydrogens is 457 g/mol. The van der Waals surface area contributed by atoms with E-state index in [1.165, 1.54) is 18.3 Å². The topological polar surface area (TPSA) is 65.5 Å². The largest absolute Gasteiger partial charge is 0.416 e. The molecule has 6 nitrogen and oxygen atoms in total. The summed E-state index contributed by atoms with van der Waals surface area (Å²) in [5.41, 5.74) is 0.404. The Kier molecular flexibility index (Phi) is 7.33. The van der Waals surface area contributed by atoms with E-state index >= 15 is 0 Å². The Balaban J connectivity index is 1.34. The Morgan fingerprint density at radius 1 is 0.914 bits per heavy atom. The lowest BCUT2D eigenvalue weighted by atomic mass is 10.1. The average Bonchev–Trinajstić information content (AvgIpc) is 3.11. The van der Waals surface area contributed by atoms with Gasteiger partial charge in [0, 0.05) is 31.7 Å². The van der Waals surface area contributed by atoms with Gasteiger partial charge in [-0.05, 0) is 42.3 Å². The SMILES string of the molecule is O=C(Nc1ccc(N2CCCN(C(=O)Cc3ccccc3)CC2)nc1)c1cccc(C(F)(F)F)c1. The maximum Gasteiger partial charge on any atom is 0.416 e. The zero-order chi connectivity index (χ0) is 24.8. The third-order valence-electron chi connectivity index (χ3n) is 5.83. The third kappa shape index (κ3) is 6.38. The molecule has 0 radical (unpaired) electrons. The minimum atomic E-state index is -4.52. The van der Waals surface area contributed by atoms with E-state index in [-0.39, 0.29) is 11.5 Å². The lowest BCUT2D eigenvalue weighted by molar-refractivity contribution is -0.137. The smallest absolute Gasteiger partial charge is 0.355 e. The Bertz CT molecular complexity index is 1170. The van der Waals surface area contributed by atoms with E-state index in [1.54, 1.807) is 12.1 Å². The molecule has 0 spiro atoms. The first-order valence-corrected chi connectivity index (χ1v) is 11.3. The molecule has 1 aromatic heterocycles. The molecule has 0 atom stereocenters. The highest BCUT2D eigenvalue weighted by Gasteiger charge is 2.31. The summed E-state index contributed by atoms with van der Waals surface area (Å²) in [6.45, 7) is 2.62. The summed E-state index contributed by atoms with van der Waals surface area (Å²) in [4.78, 5) is 33.5. The minimum absolute atomic E-state index is 0.0864. The maximum atomic E-state index is 12.9. The molecule has 3 aromatic rings. The van der Waals surface area contributed by atoms with Crippen LogP contribution < -0.4 is 10.2 Å². The molecule has 2 aromatic carbocycles. The number of alkyl halides is 3. The fraction of sp³-hybridized carbons (Fsp3) is 0.269. The van der Waals surface area contributed by atoms with Crippen LogP contribution in [-0.2, 0) is 17.4 Å². The van der Waals surface area contributed by atoms with Crippen LogP contribution >= 0.6 is 0 Å². The van der Waals surface area contributed by atoms with Crippen LogP contribution in [0.15, 0.2) is 72.9 Å². The monoisotopic (exact) mass is 482 g/mol. The second-order valence-corrected chi connectivity index (χ2v) is 8.32. The summed E-state index contributed by atoms with van der Waals surface area (Å²) < 4.78 is 38.7. The molecule has 0 bridgehead atoms. The molecule has 1 aliphatic rings. The number of rotatable bonds is 5. The lowest BCUT2D eigenvalue weighted by Crippen LogP contribution is -2.36. The Morgan fingerprint density at radius 2 is 1.71 bits per heavy atom. The van der Waals surface area contributed by atoms with Crippen molar-refractivity contribution in [2.24, 2.45) is 0 Å². The highest BCUT2D eigenvalue weighted by Crippen LogP contribution is 2.29. The number of hydrogen-bond donors (Lipinski definition) is 1. The quantitative estimate of drug-likeness (QED) is 0.576. The lowest BCUT2D eigenvalue weighted by Gasteiger charge is -2.23. The van der Waals surface area contributed by atoms with Crippen LogP contribution in [0.3, 0.4) is 0 Å². The van der Waals surface area contributed by atoms with Crippen LogP contribution in [-0.4, -0.2) is 47.9 Å². The summed E-state index contributed by atoms with van der Waals surface area (Å²) in [5.74, 6) is 0.158. The number of amides is 2. The number of aromatic nitrogens is 1. The summed E-state index contributed by atoms with van der Waals surface area (Å²) in [5, 5.41) is 2.58. The van der Waals surface area contributed by atoms with Crippen molar-refractivity contribution in [2.75, 3.05) is 36.4 Å². The van der Waals surface area contributed by atoms with Crippen LogP contribution in [0.5, 0.6) is 0 Å². The first kappa shape index (κ1) is 24.3. The van der Waals surface area contributed by atoms with E-state index in [1.807, 2.05) is 35.2 Å². The van der Waals surface area contributed by atoms with Gasteiger partial charge in [-0.1, -0.05) is 36.4 Å². The number of pyridine rings is 1. The number of anilines is 2. The van der Waals surface area contributed by atoms with Crippen molar-refractivity contribution in [1.82, 2.24) is 9.88 Å². The van der Waals surface area contributed by atoms with Crippen molar-refractivity contribution in [3.8, 4) is 0 Å². The van der Waals surface area contributed by atoms with Crippen LogP contribution in [0.2, 0.25) is 0 Å². The van der Waals surface area contributed by atoms with Gasteiger partial charge in [-0.25, -0.2) is 4.98 Å². The predicted octanol–water partition coefficient (Wildman–Crippen LogP) is 4.63. The Hall–Kier alpha value is -3.88. The average molecular weight is 483 g/mol. The molecule has 1 N–H and O–H groups in total. The minimum Gasteiger partial charge on any atom is -0.355 e. The molecule has 0 aliphatic carbocycles. The zero-order valence-electron chi connectivity index (χ0n) is 19.0. The van der Waals surface area contributed by atoms with Crippen LogP contribution in [0, 0.1) is 0 Å². The summed E-state index contributed by atoms with van der Waals surface area (Å²) in [6.07, 6.45) is -1.87. The second-order valence-electron chi connectivity index (χ2n) is 8.32. The molecule has 1 saturated heterocycles. The van der Waals surface area contributed by atoms with Crippen LogP contribution in [0.25, 0.3) is 0 Å². The molecule has 0 saturated carbocycles. The van der Waals surface area contributed by atoms with Gasteiger partial charge in [0.15, 0.2) is 0 Å². The van der Waals surface area contributed by atoms with Crippen molar-refractivity contribution in [3.63, 3.8) is 0 Å². The van der Waals surface area contributed by atoms with E-state index in [0.717, 1.165) is 30.7 Å². The number of carbonyl (C=O) groups is 2. The molecule has 1 fully saturated rings. The highest BCUT2D eigenvalue weighted by atomic mass is 19.4. The van der Waals surface area contributed by atoms with Gasteiger partial charge in [-0.3, -0.25) is 9.59 Å². The van der Waals surface area contributed by atoms with Gasteiger partial charge in [0.1, 0.15) is 5.82 Å². The van der Waals surface area contributed by atoms with E-state index in [4.69, 9.17) is 0 Å². The molecule has 2 heterocycles. The number of carbonyl (C=O) groups excluding carboxylic acids is 2. The Labute approximate surface area is 201 Å². The molecule has 182 valence electrons. The molecule has 9 heteroatoms. The molecule has 0 unspecified atom stereocenters. The first-order chi connectivity index (χ1) is 16.8. The van der Waals surface area contributed by atoms with Gasteiger partial charge in [0.25, 0.3) is 5.91 Å². The van der Waals surface area contributed by atoms with Gasteiger partial charge in [0.2, 0.25) is 5.91 Å². The maximum absolute atomic E-state index is 12.9. The molecule has 2 amide bonds.